The highest BCUT2D eigenvalue weighted by Crippen LogP contribution is 2.23. The fourth-order valence-corrected chi connectivity index (χ4v) is 8.97. The Morgan fingerprint density at radius 1 is 0.491 bits per heavy atom. The summed E-state index contributed by atoms with van der Waals surface area (Å²) in [5, 5.41) is 1.23. The number of Topliss-reactive ketones (excluding diaryl/α,β-unsaturated/α-hetero) is 1. The Labute approximate surface area is 348 Å². The Balaban J connectivity index is 3.78. The number of carbonyl (C=O) groups is 4. The minimum atomic E-state index is -0.360. The minimum absolute atomic E-state index is 0.00536. The lowest BCUT2D eigenvalue weighted by atomic mass is 9.91. The molecular weight excluding hydrogens is 727 g/mol. The van der Waals surface area contributed by atoms with Crippen molar-refractivity contribution in [3.63, 3.8) is 0 Å². The molecule has 0 aliphatic carbocycles. The molecule has 1 atom stereocenters. The molecule has 0 rings (SSSR count). The maximum atomic E-state index is 13.0. The number of amides is 1. The maximum Gasteiger partial charge on any atom is 0.325 e. The number of hydrogen-bond donors (Lipinski definition) is 0. The summed E-state index contributed by atoms with van der Waals surface area (Å²) in [7, 11) is 1.71. The van der Waals surface area contributed by atoms with Crippen LogP contribution >= 0.6 is 23.5 Å². The summed E-state index contributed by atoms with van der Waals surface area (Å²) >= 11 is 4.15. The number of unbranched alkanes of at least 4 members (excludes halogenated alkanes) is 19. The monoisotopic (exact) mass is 814 g/mol. The summed E-state index contributed by atoms with van der Waals surface area (Å²) < 4.78 is 10.8. The molecule has 0 aliphatic heterocycles. The van der Waals surface area contributed by atoms with Crippen LogP contribution in [-0.4, -0.2) is 71.9 Å². The average molecular weight is 814 g/mol. The van der Waals surface area contributed by atoms with Crippen LogP contribution < -0.4 is 0 Å². The highest BCUT2D eigenvalue weighted by Gasteiger charge is 2.19. The zero-order valence-corrected chi connectivity index (χ0v) is 38.1. The van der Waals surface area contributed by atoms with Crippen molar-refractivity contribution in [2.24, 2.45) is 5.92 Å². The van der Waals surface area contributed by atoms with Gasteiger partial charge in [-0.1, -0.05) is 124 Å². The Morgan fingerprint density at radius 2 is 0.909 bits per heavy atom. The Hall–Kier alpha value is -1.22. The van der Waals surface area contributed by atoms with E-state index in [1.165, 1.54) is 131 Å². The topological polar surface area (TPSA) is 90.0 Å². The van der Waals surface area contributed by atoms with Crippen LogP contribution in [-0.2, 0) is 28.7 Å². The lowest BCUT2D eigenvalue weighted by Crippen LogP contribution is -2.34. The molecule has 7 nitrogen and oxygen atoms in total. The lowest BCUT2D eigenvalue weighted by molar-refractivity contribution is -0.149. The third-order valence-corrected chi connectivity index (χ3v) is 12.9. The second-order valence-corrected chi connectivity index (χ2v) is 18.4. The largest absolute Gasteiger partial charge is 0.466 e. The van der Waals surface area contributed by atoms with Gasteiger partial charge in [0.15, 0.2) is 0 Å². The molecule has 0 fully saturated rings. The quantitative estimate of drug-likeness (QED) is 0.0341. The molecular formula is C46H87NO6S2. The molecule has 0 heterocycles. The van der Waals surface area contributed by atoms with E-state index in [0.29, 0.717) is 44.8 Å². The SMILES string of the molecule is CCCCCCCCC(CCCCCC)CC(=O)N(C)CC(=O)OCCCCCC(=O)CCCCCOC(=O)CCCCCCCCSCSCCCCC. The van der Waals surface area contributed by atoms with Crippen molar-refractivity contribution in [2.75, 3.05) is 43.4 Å². The maximum absolute atomic E-state index is 13.0. The molecule has 0 spiro atoms. The number of likely N-dealkylation sites (N-methyl/N-ethyl adjacent to an activating group) is 1. The van der Waals surface area contributed by atoms with Gasteiger partial charge in [0.05, 0.1) is 13.2 Å². The van der Waals surface area contributed by atoms with E-state index in [0.717, 1.165) is 64.2 Å². The highest BCUT2D eigenvalue weighted by atomic mass is 32.2. The Kier molecular flexibility index (Phi) is 41.4. The van der Waals surface area contributed by atoms with Crippen LogP contribution in [0.2, 0.25) is 0 Å². The van der Waals surface area contributed by atoms with E-state index < -0.39 is 0 Å². The molecule has 0 aliphatic rings. The number of thioether (sulfide) groups is 2. The van der Waals surface area contributed by atoms with E-state index in [4.69, 9.17) is 9.47 Å². The van der Waals surface area contributed by atoms with Crippen LogP contribution in [0.5, 0.6) is 0 Å². The van der Waals surface area contributed by atoms with Gasteiger partial charge in [-0.3, -0.25) is 19.2 Å². The van der Waals surface area contributed by atoms with E-state index >= 15 is 0 Å². The van der Waals surface area contributed by atoms with E-state index in [2.05, 4.69) is 44.3 Å². The number of nitrogens with zero attached hydrogens (tertiary/aromatic N) is 1. The van der Waals surface area contributed by atoms with Gasteiger partial charge < -0.3 is 14.4 Å². The first-order valence-corrected chi connectivity index (χ1v) is 25.4. The van der Waals surface area contributed by atoms with E-state index in [-0.39, 0.29) is 30.2 Å². The van der Waals surface area contributed by atoms with Gasteiger partial charge in [0, 0.05) is 37.8 Å². The number of rotatable bonds is 43. The summed E-state index contributed by atoms with van der Waals surface area (Å²) in [4.78, 5) is 51.2. The molecule has 324 valence electrons. The lowest BCUT2D eigenvalue weighted by Gasteiger charge is -2.21. The number of carbonyl (C=O) groups excluding carboxylic acids is 4. The zero-order chi connectivity index (χ0) is 40.5. The van der Waals surface area contributed by atoms with Crippen LogP contribution in [0.1, 0.15) is 220 Å². The molecule has 0 saturated heterocycles. The smallest absolute Gasteiger partial charge is 0.325 e. The van der Waals surface area contributed by atoms with Crippen LogP contribution in [0.25, 0.3) is 0 Å². The standard InChI is InChI=1S/C46H87NO6S2/c1-5-8-11-13-16-22-31-42(30-21-12-9-6-2)39-44(49)47(4)40-46(51)53-36-27-20-24-33-43(48)32-23-19-26-35-52-45(50)34-25-17-14-15-18-29-38-55-41-54-37-28-10-7-3/h42H,5-41H2,1-4H3. The van der Waals surface area contributed by atoms with Gasteiger partial charge in [0.25, 0.3) is 0 Å². The third-order valence-electron chi connectivity index (χ3n) is 10.4. The molecule has 0 aromatic rings. The van der Waals surface area contributed by atoms with Crippen LogP contribution in [0.15, 0.2) is 0 Å². The van der Waals surface area contributed by atoms with Crippen molar-refractivity contribution < 1.29 is 28.7 Å². The summed E-state index contributed by atoms with van der Waals surface area (Å²) in [6.45, 7) is 7.48. The second kappa shape index (κ2) is 42.4. The average Bonchev–Trinajstić information content (AvgIpc) is 3.17. The van der Waals surface area contributed by atoms with E-state index in [1.807, 2.05) is 0 Å². The summed E-state index contributed by atoms with van der Waals surface area (Å²) in [5.74, 6) is 2.83. The van der Waals surface area contributed by atoms with Gasteiger partial charge in [-0.2, -0.15) is 23.5 Å². The second-order valence-electron chi connectivity index (χ2n) is 15.8. The van der Waals surface area contributed by atoms with Crippen LogP contribution in [0, 0.1) is 5.92 Å². The predicted molar refractivity (Wildman–Crippen MR) is 238 cm³/mol. The van der Waals surface area contributed by atoms with E-state index in [9.17, 15) is 19.2 Å². The van der Waals surface area contributed by atoms with Crippen molar-refractivity contribution >= 4 is 47.2 Å². The van der Waals surface area contributed by atoms with Gasteiger partial charge in [-0.15, -0.1) is 0 Å². The predicted octanol–water partition coefficient (Wildman–Crippen LogP) is 13.3. The third kappa shape index (κ3) is 39.4. The molecule has 0 aromatic heterocycles. The first-order chi connectivity index (χ1) is 26.8. The van der Waals surface area contributed by atoms with Crippen molar-refractivity contribution in [3.8, 4) is 0 Å². The number of esters is 2. The van der Waals surface area contributed by atoms with Crippen LogP contribution in [0.4, 0.5) is 0 Å². The Bertz CT molecular complexity index is 904. The summed E-state index contributed by atoms with van der Waals surface area (Å²) in [6.07, 6.45) is 32.7. The minimum Gasteiger partial charge on any atom is -0.466 e. The van der Waals surface area contributed by atoms with Crippen LogP contribution in [0.3, 0.4) is 0 Å². The normalized spacial score (nSPS) is 11.8. The molecule has 0 bridgehead atoms. The van der Waals surface area contributed by atoms with Gasteiger partial charge in [0.1, 0.15) is 12.3 Å². The van der Waals surface area contributed by atoms with Gasteiger partial charge in [-0.05, 0) is 88.1 Å². The van der Waals surface area contributed by atoms with Crippen molar-refractivity contribution in [1.29, 1.82) is 0 Å². The van der Waals surface area contributed by atoms with Gasteiger partial charge >= 0.3 is 11.9 Å². The molecule has 55 heavy (non-hydrogen) atoms. The van der Waals surface area contributed by atoms with Gasteiger partial charge in [0.2, 0.25) is 5.91 Å². The molecule has 1 unspecified atom stereocenters. The summed E-state index contributed by atoms with van der Waals surface area (Å²) in [5.41, 5.74) is 0. The van der Waals surface area contributed by atoms with Crippen molar-refractivity contribution in [2.45, 2.75) is 220 Å². The molecule has 0 N–H and O–H groups in total. The highest BCUT2D eigenvalue weighted by molar-refractivity contribution is 8.15. The number of ketones is 1. The molecule has 0 saturated carbocycles. The van der Waals surface area contributed by atoms with E-state index in [1.54, 1.807) is 7.05 Å². The number of ether oxygens (including phenoxy) is 2. The zero-order valence-electron chi connectivity index (χ0n) is 36.5. The van der Waals surface area contributed by atoms with Gasteiger partial charge in [-0.25, -0.2) is 0 Å². The van der Waals surface area contributed by atoms with Crippen molar-refractivity contribution in [1.82, 2.24) is 4.90 Å². The first-order valence-electron chi connectivity index (χ1n) is 23.1. The van der Waals surface area contributed by atoms with Crippen molar-refractivity contribution in [3.05, 3.63) is 0 Å². The molecule has 0 aromatic carbocycles. The summed E-state index contributed by atoms with van der Waals surface area (Å²) in [6, 6.07) is 0. The molecule has 0 radical (unpaired) electrons. The fourth-order valence-electron chi connectivity index (χ4n) is 6.73. The fraction of sp³-hybridized carbons (Fsp3) is 0.913. The molecule has 9 heteroatoms. The molecule has 1 amide bonds. The first kappa shape index (κ1) is 53.8. The number of hydrogen-bond acceptors (Lipinski definition) is 8. The Morgan fingerprint density at radius 3 is 1.49 bits per heavy atom.